The van der Waals surface area contributed by atoms with E-state index in [1.807, 2.05) is 53.4 Å². The molecule has 1 N–H and O–H groups in total. The second kappa shape index (κ2) is 8.20. The SMILES string of the molecule is O=C(NCCOc1ccccc1)N1CCCC1c1ccc2c(c1)OCCO2. The number of carbonyl (C=O) groups excluding carboxylic acids is 1. The fourth-order valence-corrected chi connectivity index (χ4v) is 3.57. The Kier molecular flexibility index (Phi) is 5.32. The van der Waals surface area contributed by atoms with Gasteiger partial charge in [0.05, 0.1) is 12.6 Å². The molecule has 1 unspecified atom stereocenters. The number of fused-ring (bicyclic) bond motifs is 1. The summed E-state index contributed by atoms with van der Waals surface area (Å²) in [4.78, 5) is 14.5. The van der Waals surface area contributed by atoms with Gasteiger partial charge in [-0.2, -0.15) is 0 Å². The van der Waals surface area contributed by atoms with Gasteiger partial charge in [0.2, 0.25) is 0 Å². The maximum Gasteiger partial charge on any atom is 0.318 e. The molecule has 1 saturated heterocycles. The van der Waals surface area contributed by atoms with Crippen molar-refractivity contribution in [2.24, 2.45) is 0 Å². The number of urea groups is 1. The van der Waals surface area contributed by atoms with Gasteiger partial charge in [-0.25, -0.2) is 4.79 Å². The van der Waals surface area contributed by atoms with Crippen molar-refractivity contribution in [2.45, 2.75) is 18.9 Å². The van der Waals surface area contributed by atoms with Crippen molar-refractivity contribution in [1.82, 2.24) is 10.2 Å². The highest BCUT2D eigenvalue weighted by atomic mass is 16.6. The van der Waals surface area contributed by atoms with Gasteiger partial charge in [-0.1, -0.05) is 24.3 Å². The van der Waals surface area contributed by atoms with Crippen LogP contribution in [0.3, 0.4) is 0 Å². The third kappa shape index (κ3) is 4.10. The van der Waals surface area contributed by atoms with Crippen LogP contribution in [0.1, 0.15) is 24.4 Å². The number of likely N-dealkylation sites (tertiary alicyclic amines) is 1. The summed E-state index contributed by atoms with van der Waals surface area (Å²) < 4.78 is 16.9. The number of nitrogens with zero attached hydrogens (tertiary/aromatic N) is 1. The maximum absolute atomic E-state index is 12.6. The minimum absolute atomic E-state index is 0.0518. The van der Waals surface area contributed by atoms with Crippen molar-refractivity contribution in [3.05, 3.63) is 54.1 Å². The third-order valence-corrected chi connectivity index (χ3v) is 4.85. The van der Waals surface area contributed by atoms with Crippen LogP contribution in [-0.2, 0) is 0 Å². The number of amides is 2. The van der Waals surface area contributed by atoms with Crippen LogP contribution in [-0.4, -0.2) is 43.8 Å². The van der Waals surface area contributed by atoms with Gasteiger partial charge in [0.1, 0.15) is 25.6 Å². The average molecular weight is 368 g/mol. The second-order valence-corrected chi connectivity index (χ2v) is 6.65. The van der Waals surface area contributed by atoms with E-state index in [0.717, 1.165) is 42.2 Å². The van der Waals surface area contributed by atoms with Crippen molar-refractivity contribution < 1.29 is 19.0 Å². The van der Waals surface area contributed by atoms with Gasteiger partial charge in [0, 0.05) is 6.54 Å². The number of benzene rings is 2. The molecule has 1 atom stereocenters. The normalized spacial score (nSPS) is 18.2. The molecule has 2 aromatic rings. The third-order valence-electron chi connectivity index (χ3n) is 4.85. The van der Waals surface area contributed by atoms with Crippen molar-refractivity contribution in [1.29, 1.82) is 0 Å². The summed E-state index contributed by atoms with van der Waals surface area (Å²) in [7, 11) is 0. The van der Waals surface area contributed by atoms with Crippen molar-refractivity contribution in [3.8, 4) is 17.2 Å². The summed E-state index contributed by atoms with van der Waals surface area (Å²) in [5.41, 5.74) is 1.09. The van der Waals surface area contributed by atoms with Crippen molar-refractivity contribution >= 4 is 6.03 Å². The summed E-state index contributed by atoms with van der Waals surface area (Å²) >= 11 is 0. The zero-order chi connectivity index (χ0) is 18.5. The highest BCUT2D eigenvalue weighted by molar-refractivity contribution is 5.75. The lowest BCUT2D eigenvalue weighted by Crippen LogP contribution is -2.41. The molecule has 0 bridgehead atoms. The summed E-state index contributed by atoms with van der Waals surface area (Å²) in [6.07, 6.45) is 1.95. The van der Waals surface area contributed by atoms with E-state index in [1.165, 1.54) is 0 Å². The monoisotopic (exact) mass is 368 g/mol. The van der Waals surface area contributed by atoms with Crippen molar-refractivity contribution in [3.63, 3.8) is 0 Å². The number of rotatable bonds is 5. The summed E-state index contributed by atoms with van der Waals surface area (Å²) in [6.45, 7) is 2.81. The van der Waals surface area contributed by atoms with Crippen LogP contribution < -0.4 is 19.5 Å². The standard InChI is InChI=1S/C21H24N2O4/c24-21(22-10-12-25-17-5-2-1-3-6-17)23-11-4-7-18(23)16-8-9-19-20(15-16)27-14-13-26-19/h1-3,5-6,8-9,15,18H,4,7,10-14H2,(H,22,24). The van der Waals surface area contributed by atoms with E-state index in [-0.39, 0.29) is 12.1 Å². The number of carbonyl (C=O) groups is 1. The lowest BCUT2D eigenvalue weighted by Gasteiger charge is -2.27. The van der Waals surface area contributed by atoms with Gasteiger partial charge in [0.25, 0.3) is 0 Å². The number of para-hydroxylation sites is 1. The first-order valence-electron chi connectivity index (χ1n) is 9.43. The van der Waals surface area contributed by atoms with Gasteiger partial charge in [-0.05, 0) is 42.7 Å². The van der Waals surface area contributed by atoms with Gasteiger partial charge in [-0.3, -0.25) is 0 Å². The van der Waals surface area contributed by atoms with Crippen LogP contribution in [0.25, 0.3) is 0 Å². The molecule has 0 aliphatic carbocycles. The molecule has 2 heterocycles. The number of hydrogen-bond donors (Lipinski definition) is 1. The first kappa shape index (κ1) is 17.5. The average Bonchev–Trinajstić information content (AvgIpc) is 3.21. The predicted molar refractivity (Wildman–Crippen MR) is 101 cm³/mol. The molecule has 4 rings (SSSR count). The Morgan fingerprint density at radius 2 is 1.93 bits per heavy atom. The van der Waals surface area contributed by atoms with E-state index in [2.05, 4.69) is 5.32 Å². The molecule has 2 aromatic carbocycles. The summed E-state index contributed by atoms with van der Waals surface area (Å²) in [5, 5.41) is 2.96. The Hall–Kier alpha value is -2.89. The molecule has 142 valence electrons. The number of hydrogen-bond acceptors (Lipinski definition) is 4. The number of nitrogens with one attached hydrogen (secondary N) is 1. The summed E-state index contributed by atoms with van der Waals surface area (Å²) in [5.74, 6) is 2.35. The molecule has 27 heavy (non-hydrogen) atoms. The molecule has 1 fully saturated rings. The fraction of sp³-hybridized carbons (Fsp3) is 0.381. The predicted octanol–water partition coefficient (Wildman–Crippen LogP) is 3.38. The fourth-order valence-electron chi connectivity index (χ4n) is 3.57. The van der Waals surface area contributed by atoms with E-state index in [1.54, 1.807) is 0 Å². The van der Waals surface area contributed by atoms with Crippen LogP contribution >= 0.6 is 0 Å². The van der Waals surface area contributed by atoms with E-state index in [4.69, 9.17) is 14.2 Å². The van der Waals surface area contributed by atoms with Gasteiger partial charge in [-0.15, -0.1) is 0 Å². The highest BCUT2D eigenvalue weighted by Gasteiger charge is 2.30. The second-order valence-electron chi connectivity index (χ2n) is 6.65. The number of ether oxygens (including phenoxy) is 3. The summed E-state index contributed by atoms with van der Waals surface area (Å²) in [6, 6.07) is 15.6. The Labute approximate surface area is 159 Å². The minimum Gasteiger partial charge on any atom is -0.492 e. The van der Waals surface area contributed by atoms with E-state index in [9.17, 15) is 4.79 Å². The van der Waals surface area contributed by atoms with Crippen LogP contribution in [0.2, 0.25) is 0 Å². The minimum atomic E-state index is -0.0518. The first-order chi connectivity index (χ1) is 13.3. The lowest BCUT2D eigenvalue weighted by molar-refractivity contribution is 0.170. The molecule has 0 saturated carbocycles. The molecular formula is C21H24N2O4. The molecular weight excluding hydrogens is 344 g/mol. The Balaban J connectivity index is 1.33. The maximum atomic E-state index is 12.6. The first-order valence-corrected chi connectivity index (χ1v) is 9.43. The van der Waals surface area contributed by atoms with Crippen LogP contribution in [0.4, 0.5) is 4.79 Å². The zero-order valence-electron chi connectivity index (χ0n) is 15.2. The van der Waals surface area contributed by atoms with Crippen molar-refractivity contribution in [2.75, 3.05) is 32.9 Å². The smallest absolute Gasteiger partial charge is 0.318 e. The van der Waals surface area contributed by atoms with E-state index < -0.39 is 0 Å². The van der Waals surface area contributed by atoms with Crippen LogP contribution in [0.5, 0.6) is 17.2 Å². The Morgan fingerprint density at radius 1 is 1.11 bits per heavy atom. The molecule has 0 radical (unpaired) electrons. The van der Waals surface area contributed by atoms with E-state index in [0.29, 0.717) is 26.4 Å². The van der Waals surface area contributed by atoms with Crippen LogP contribution in [0.15, 0.2) is 48.5 Å². The quantitative estimate of drug-likeness (QED) is 0.822. The van der Waals surface area contributed by atoms with Gasteiger partial charge < -0.3 is 24.4 Å². The molecule has 2 aliphatic heterocycles. The molecule has 0 spiro atoms. The highest BCUT2D eigenvalue weighted by Crippen LogP contribution is 2.37. The Bertz CT molecular complexity index is 781. The molecule has 2 aliphatic rings. The largest absolute Gasteiger partial charge is 0.492 e. The lowest BCUT2D eigenvalue weighted by atomic mass is 10.0. The van der Waals surface area contributed by atoms with E-state index >= 15 is 0 Å². The van der Waals surface area contributed by atoms with Crippen LogP contribution in [0, 0.1) is 0 Å². The van der Waals surface area contributed by atoms with Gasteiger partial charge >= 0.3 is 6.03 Å². The molecule has 6 heteroatoms. The van der Waals surface area contributed by atoms with Gasteiger partial charge in [0.15, 0.2) is 11.5 Å². The molecule has 0 aromatic heterocycles. The topological polar surface area (TPSA) is 60.0 Å². The molecule has 2 amide bonds. The zero-order valence-corrected chi connectivity index (χ0v) is 15.2. The molecule has 6 nitrogen and oxygen atoms in total. The Morgan fingerprint density at radius 3 is 2.78 bits per heavy atom.